The van der Waals surface area contributed by atoms with E-state index in [-0.39, 0.29) is 0 Å². The first-order chi connectivity index (χ1) is 16.1. The molecule has 0 saturated carbocycles. The summed E-state index contributed by atoms with van der Waals surface area (Å²) in [5.74, 6) is 2.24. The molecule has 0 radical (unpaired) electrons. The summed E-state index contributed by atoms with van der Waals surface area (Å²) in [6.07, 6.45) is 0. The van der Waals surface area contributed by atoms with Gasteiger partial charge in [-0.3, -0.25) is 4.98 Å². The third kappa shape index (κ3) is 3.89. The third-order valence-electron chi connectivity index (χ3n) is 6.33. The number of hydrogen-bond acceptors (Lipinski definition) is 6. The van der Waals surface area contributed by atoms with Crippen molar-refractivity contribution in [2.75, 3.05) is 45.3 Å². The van der Waals surface area contributed by atoms with Crippen LogP contribution in [-0.4, -0.2) is 54.9 Å². The van der Waals surface area contributed by atoms with E-state index in [2.05, 4.69) is 45.1 Å². The molecule has 1 aliphatic heterocycles. The Labute approximate surface area is 194 Å². The number of anilines is 1. The maximum Gasteiger partial charge on any atom is 0.161 e. The average Bonchev–Trinajstić information content (AvgIpc) is 3.21. The number of fused-ring (bicyclic) bond motifs is 1. The molecule has 1 N–H and O–H groups in total. The summed E-state index contributed by atoms with van der Waals surface area (Å²) in [5.41, 5.74) is 7.15. The highest BCUT2D eigenvalue weighted by atomic mass is 16.5. The first-order valence-corrected chi connectivity index (χ1v) is 11.2. The minimum atomic E-state index is 0.683. The van der Waals surface area contributed by atoms with Crippen molar-refractivity contribution in [3.05, 3.63) is 54.2 Å². The van der Waals surface area contributed by atoms with Crippen LogP contribution in [-0.2, 0) is 7.05 Å². The summed E-state index contributed by atoms with van der Waals surface area (Å²) < 4.78 is 13.0. The lowest BCUT2D eigenvalue weighted by molar-refractivity contribution is 0.355. The molecule has 1 fully saturated rings. The van der Waals surface area contributed by atoms with E-state index >= 15 is 0 Å². The number of piperazine rings is 1. The van der Waals surface area contributed by atoms with Crippen molar-refractivity contribution in [2.24, 2.45) is 7.05 Å². The number of benzene rings is 2. The molecule has 0 aliphatic carbocycles. The lowest BCUT2D eigenvalue weighted by atomic mass is 10.1. The lowest BCUT2D eigenvalue weighted by Gasteiger charge is -2.29. The molecule has 7 heteroatoms. The predicted octanol–water partition coefficient (Wildman–Crippen LogP) is 4.04. The van der Waals surface area contributed by atoms with Gasteiger partial charge in [-0.25, -0.2) is 4.98 Å². The van der Waals surface area contributed by atoms with Crippen LogP contribution < -0.4 is 19.7 Å². The third-order valence-corrected chi connectivity index (χ3v) is 6.33. The highest BCUT2D eigenvalue weighted by Gasteiger charge is 2.17. The van der Waals surface area contributed by atoms with E-state index in [1.54, 1.807) is 14.2 Å². The van der Waals surface area contributed by atoms with Crippen LogP contribution in [0.2, 0.25) is 0 Å². The molecule has 5 rings (SSSR count). The Morgan fingerprint density at radius 2 is 1.55 bits per heavy atom. The molecule has 0 spiro atoms. The number of aryl methyl sites for hydroxylation is 2. The van der Waals surface area contributed by atoms with Gasteiger partial charge in [0.2, 0.25) is 0 Å². The summed E-state index contributed by atoms with van der Waals surface area (Å²) in [5, 5.41) is 3.40. The smallest absolute Gasteiger partial charge is 0.161 e. The zero-order valence-corrected chi connectivity index (χ0v) is 19.6. The minimum absolute atomic E-state index is 0.683. The monoisotopic (exact) mass is 443 g/mol. The van der Waals surface area contributed by atoms with Crippen molar-refractivity contribution >= 4 is 16.7 Å². The van der Waals surface area contributed by atoms with Crippen molar-refractivity contribution in [1.82, 2.24) is 19.9 Å². The fraction of sp³-hybridized carbons (Fsp3) is 0.308. The fourth-order valence-electron chi connectivity index (χ4n) is 4.49. The lowest BCUT2D eigenvalue weighted by Crippen LogP contribution is -2.43. The molecular weight excluding hydrogens is 414 g/mol. The molecule has 0 bridgehead atoms. The highest BCUT2D eigenvalue weighted by molar-refractivity contribution is 5.86. The summed E-state index contributed by atoms with van der Waals surface area (Å²) in [7, 11) is 5.32. The Bertz CT molecular complexity index is 1290. The van der Waals surface area contributed by atoms with Crippen LogP contribution in [0.5, 0.6) is 11.5 Å². The summed E-state index contributed by atoms with van der Waals surface area (Å²) in [6.45, 7) is 6.16. The van der Waals surface area contributed by atoms with Crippen LogP contribution in [0.3, 0.4) is 0 Å². The highest BCUT2D eigenvalue weighted by Crippen LogP contribution is 2.34. The molecule has 7 nitrogen and oxygen atoms in total. The Hall–Kier alpha value is -3.58. The number of nitrogens with one attached hydrogen (secondary N) is 1. The first kappa shape index (κ1) is 21.3. The maximum atomic E-state index is 5.49. The SMILES string of the molecule is COc1ccc(-c2nc3c(C)nc(-c4ccc(N5CCNCC5)cc4)cc3n2C)cc1OC. The van der Waals surface area contributed by atoms with Gasteiger partial charge in [-0.1, -0.05) is 12.1 Å². The van der Waals surface area contributed by atoms with Gasteiger partial charge in [0, 0.05) is 50.0 Å². The molecule has 2 aromatic heterocycles. The van der Waals surface area contributed by atoms with Gasteiger partial charge in [0.1, 0.15) is 11.3 Å². The Morgan fingerprint density at radius 3 is 2.24 bits per heavy atom. The average molecular weight is 444 g/mol. The van der Waals surface area contributed by atoms with E-state index in [0.717, 1.165) is 65.6 Å². The molecule has 1 saturated heterocycles. The number of nitrogens with zero attached hydrogens (tertiary/aromatic N) is 4. The van der Waals surface area contributed by atoms with Gasteiger partial charge in [-0.15, -0.1) is 0 Å². The molecule has 0 atom stereocenters. The summed E-state index contributed by atoms with van der Waals surface area (Å²) in [6, 6.07) is 16.7. The standard InChI is InChI=1S/C26H29N5O2/c1-17-25-22(30(2)26(29-25)19-7-10-23(32-3)24(15-19)33-4)16-21(28-17)18-5-8-20(9-6-18)31-13-11-27-12-14-31/h5-10,15-16,27H,11-14H2,1-4H3. The van der Waals surface area contributed by atoms with E-state index in [9.17, 15) is 0 Å². The zero-order chi connectivity index (χ0) is 22.9. The van der Waals surface area contributed by atoms with Crippen LogP contribution in [0.4, 0.5) is 5.69 Å². The van der Waals surface area contributed by atoms with E-state index in [0.29, 0.717) is 11.5 Å². The molecule has 3 heterocycles. The Balaban J connectivity index is 1.52. The van der Waals surface area contributed by atoms with Crippen LogP contribution in [0.15, 0.2) is 48.5 Å². The molecule has 33 heavy (non-hydrogen) atoms. The Kier molecular flexibility index (Phi) is 5.64. The topological polar surface area (TPSA) is 64.4 Å². The van der Waals surface area contributed by atoms with Gasteiger partial charge < -0.3 is 24.3 Å². The number of rotatable bonds is 5. The van der Waals surface area contributed by atoms with Gasteiger partial charge in [-0.05, 0) is 43.3 Å². The second-order valence-electron chi connectivity index (χ2n) is 8.31. The van der Waals surface area contributed by atoms with Gasteiger partial charge in [-0.2, -0.15) is 0 Å². The normalized spacial score (nSPS) is 14.0. The number of ether oxygens (including phenoxy) is 2. The first-order valence-electron chi connectivity index (χ1n) is 11.2. The van der Waals surface area contributed by atoms with Crippen molar-refractivity contribution in [2.45, 2.75) is 6.92 Å². The van der Waals surface area contributed by atoms with Crippen molar-refractivity contribution in [3.63, 3.8) is 0 Å². The fourth-order valence-corrected chi connectivity index (χ4v) is 4.49. The number of imidazole rings is 1. The molecule has 4 aromatic rings. The molecule has 0 unspecified atom stereocenters. The Morgan fingerprint density at radius 1 is 0.848 bits per heavy atom. The van der Waals surface area contributed by atoms with Crippen molar-refractivity contribution < 1.29 is 9.47 Å². The van der Waals surface area contributed by atoms with Gasteiger partial charge >= 0.3 is 0 Å². The second-order valence-corrected chi connectivity index (χ2v) is 8.31. The molecule has 0 amide bonds. The predicted molar refractivity (Wildman–Crippen MR) is 132 cm³/mol. The maximum absolute atomic E-state index is 5.49. The van der Waals surface area contributed by atoms with Crippen LogP contribution in [0, 0.1) is 6.92 Å². The molecule has 1 aliphatic rings. The van der Waals surface area contributed by atoms with Crippen LogP contribution >= 0.6 is 0 Å². The van der Waals surface area contributed by atoms with Gasteiger partial charge in [0.15, 0.2) is 11.5 Å². The number of hydrogen-bond donors (Lipinski definition) is 1. The van der Waals surface area contributed by atoms with Gasteiger partial charge in [0.05, 0.1) is 31.1 Å². The van der Waals surface area contributed by atoms with E-state index in [1.807, 2.05) is 32.2 Å². The van der Waals surface area contributed by atoms with E-state index in [4.69, 9.17) is 19.4 Å². The van der Waals surface area contributed by atoms with Gasteiger partial charge in [0.25, 0.3) is 0 Å². The number of pyridine rings is 1. The summed E-state index contributed by atoms with van der Waals surface area (Å²) in [4.78, 5) is 12.2. The number of aromatic nitrogens is 3. The van der Waals surface area contributed by atoms with Crippen LogP contribution in [0.1, 0.15) is 5.69 Å². The van der Waals surface area contributed by atoms with Crippen LogP contribution in [0.25, 0.3) is 33.7 Å². The van der Waals surface area contributed by atoms with E-state index in [1.165, 1.54) is 5.69 Å². The van der Waals surface area contributed by atoms with Crippen molar-refractivity contribution in [3.8, 4) is 34.1 Å². The van der Waals surface area contributed by atoms with E-state index < -0.39 is 0 Å². The summed E-state index contributed by atoms with van der Waals surface area (Å²) >= 11 is 0. The quantitative estimate of drug-likeness (QED) is 0.502. The molecular formula is C26H29N5O2. The van der Waals surface area contributed by atoms with Crippen molar-refractivity contribution in [1.29, 1.82) is 0 Å². The molecule has 2 aromatic carbocycles. The number of methoxy groups -OCH3 is 2. The minimum Gasteiger partial charge on any atom is -0.493 e. The zero-order valence-electron chi connectivity index (χ0n) is 19.6. The largest absolute Gasteiger partial charge is 0.493 e. The molecule has 170 valence electrons. The second kappa shape index (κ2) is 8.75.